The van der Waals surface area contributed by atoms with Crippen LogP contribution in [0.2, 0.25) is 0 Å². The molecule has 1 N–H and O–H groups in total. The number of methoxy groups -OCH3 is 2. The Morgan fingerprint density at radius 2 is 1.40 bits per heavy atom. The van der Waals surface area contributed by atoms with E-state index in [0.717, 1.165) is 17.1 Å². The van der Waals surface area contributed by atoms with E-state index in [1.165, 1.54) is 0 Å². The van der Waals surface area contributed by atoms with Crippen molar-refractivity contribution in [2.24, 2.45) is 0 Å². The minimum absolute atomic E-state index is 0.214. The van der Waals surface area contributed by atoms with Crippen molar-refractivity contribution in [3.8, 4) is 23.0 Å². The van der Waals surface area contributed by atoms with E-state index in [9.17, 15) is 4.79 Å². The number of hydrogen-bond donors (Lipinski definition) is 1. The number of rotatable bonds is 9. The Kier molecular flexibility index (Phi) is 7.16. The second-order valence-electron chi connectivity index (χ2n) is 6.40. The van der Waals surface area contributed by atoms with Gasteiger partial charge in [-0.1, -0.05) is 0 Å². The number of hydrogen-bond acceptors (Lipinski definition) is 5. The van der Waals surface area contributed by atoms with E-state index in [-0.39, 0.29) is 12.5 Å². The molecule has 156 valence electrons. The van der Waals surface area contributed by atoms with Gasteiger partial charge in [0.25, 0.3) is 5.91 Å². The zero-order valence-corrected chi connectivity index (χ0v) is 17.3. The van der Waals surface area contributed by atoms with Crippen molar-refractivity contribution in [3.63, 3.8) is 0 Å². The summed E-state index contributed by atoms with van der Waals surface area (Å²) < 4.78 is 21.9. The monoisotopic (exact) mass is 407 g/mol. The van der Waals surface area contributed by atoms with Crippen molar-refractivity contribution in [3.05, 3.63) is 77.9 Å². The molecule has 0 saturated carbocycles. The average molecular weight is 407 g/mol. The number of amides is 1. The zero-order chi connectivity index (χ0) is 21.3. The van der Waals surface area contributed by atoms with Gasteiger partial charge in [-0.15, -0.1) is 0 Å². The van der Waals surface area contributed by atoms with E-state index in [2.05, 4.69) is 5.32 Å². The maximum Gasteiger partial charge on any atom is 0.255 e. The molecule has 6 nitrogen and oxygen atoms in total. The molecular formula is C24H25NO5. The number of carbonyl (C=O) groups excluding carboxylic acids is 1. The average Bonchev–Trinajstić information content (AvgIpc) is 2.79. The number of anilines is 1. The van der Waals surface area contributed by atoms with Gasteiger partial charge in [-0.3, -0.25) is 4.79 Å². The van der Waals surface area contributed by atoms with Gasteiger partial charge in [-0.25, -0.2) is 0 Å². The Bertz CT molecular complexity index is 968. The van der Waals surface area contributed by atoms with Crippen molar-refractivity contribution in [1.29, 1.82) is 0 Å². The summed E-state index contributed by atoms with van der Waals surface area (Å²) in [6.07, 6.45) is 0. The second kappa shape index (κ2) is 10.2. The van der Waals surface area contributed by atoms with Gasteiger partial charge in [0.15, 0.2) is 0 Å². The maximum atomic E-state index is 12.7. The summed E-state index contributed by atoms with van der Waals surface area (Å²) in [5, 5.41) is 2.88. The number of nitrogens with one attached hydrogen (secondary N) is 1. The fourth-order valence-electron chi connectivity index (χ4n) is 2.84. The smallest absolute Gasteiger partial charge is 0.255 e. The van der Waals surface area contributed by atoms with Crippen LogP contribution in [-0.2, 0) is 6.61 Å². The SMILES string of the molecule is CCOc1ccc(C(=O)Nc2ccc(OC)cc2)cc1COc1ccc(OC)cc1. The molecule has 0 atom stereocenters. The molecule has 1 amide bonds. The summed E-state index contributed by atoms with van der Waals surface area (Å²) in [5.41, 5.74) is 1.99. The highest BCUT2D eigenvalue weighted by Crippen LogP contribution is 2.25. The Balaban J connectivity index is 1.74. The fourth-order valence-corrected chi connectivity index (χ4v) is 2.84. The third kappa shape index (κ3) is 5.44. The molecule has 0 spiro atoms. The molecule has 0 aromatic heterocycles. The third-order valence-corrected chi connectivity index (χ3v) is 4.42. The second-order valence-corrected chi connectivity index (χ2v) is 6.40. The Morgan fingerprint density at radius 1 is 0.800 bits per heavy atom. The molecule has 0 aliphatic carbocycles. The van der Waals surface area contributed by atoms with Crippen molar-refractivity contribution in [2.75, 3.05) is 26.1 Å². The minimum atomic E-state index is -0.214. The lowest BCUT2D eigenvalue weighted by molar-refractivity contribution is 0.102. The van der Waals surface area contributed by atoms with E-state index >= 15 is 0 Å². The van der Waals surface area contributed by atoms with Crippen molar-refractivity contribution >= 4 is 11.6 Å². The standard InChI is InChI=1S/C24H25NO5/c1-4-29-23-14-5-17(24(26)25-19-6-8-20(27-2)9-7-19)15-18(23)16-30-22-12-10-21(28-3)11-13-22/h5-15H,4,16H2,1-3H3,(H,25,26). The highest BCUT2D eigenvalue weighted by atomic mass is 16.5. The van der Waals surface area contributed by atoms with Crippen LogP contribution in [0.4, 0.5) is 5.69 Å². The van der Waals surface area contributed by atoms with Gasteiger partial charge in [-0.2, -0.15) is 0 Å². The van der Waals surface area contributed by atoms with Crippen LogP contribution in [0.15, 0.2) is 66.7 Å². The van der Waals surface area contributed by atoms with E-state index in [1.54, 1.807) is 56.7 Å². The van der Waals surface area contributed by atoms with Gasteiger partial charge in [-0.05, 0) is 73.7 Å². The van der Waals surface area contributed by atoms with Crippen LogP contribution in [0, 0.1) is 0 Å². The fraction of sp³-hybridized carbons (Fsp3) is 0.208. The van der Waals surface area contributed by atoms with Gasteiger partial charge in [0.05, 0.1) is 20.8 Å². The molecule has 0 fully saturated rings. The lowest BCUT2D eigenvalue weighted by Crippen LogP contribution is -2.13. The quantitative estimate of drug-likeness (QED) is 0.545. The first kappa shape index (κ1) is 21.0. The van der Waals surface area contributed by atoms with E-state index in [4.69, 9.17) is 18.9 Å². The highest BCUT2D eigenvalue weighted by Gasteiger charge is 2.12. The molecular weight excluding hydrogens is 382 g/mol. The van der Waals surface area contributed by atoms with Crippen LogP contribution in [0.1, 0.15) is 22.8 Å². The van der Waals surface area contributed by atoms with E-state index in [0.29, 0.717) is 29.4 Å². The molecule has 0 heterocycles. The molecule has 3 aromatic carbocycles. The summed E-state index contributed by atoms with van der Waals surface area (Å²) in [6, 6.07) is 19.8. The molecule has 6 heteroatoms. The first-order chi connectivity index (χ1) is 14.6. The van der Waals surface area contributed by atoms with Gasteiger partial charge in [0, 0.05) is 16.8 Å². The Morgan fingerprint density at radius 3 is 2.00 bits per heavy atom. The molecule has 0 saturated heterocycles. The summed E-state index contributed by atoms with van der Waals surface area (Å²) in [7, 11) is 3.22. The third-order valence-electron chi connectivity index (χ3n) is 4.42. The lowest BCUT2D eigenvalue weighted by atomic mass is 10.1. The van der Waals surface area contributed by atoms with Gasteiger partial charge >= 0.3 is 0 Å². The lowest BCUT2D eigenvalue weighted by Gasteiger charge is -2.14. The predicted molar refractivity (Wildman–Crippen MR) is 116 cm³/mol. The van der Waals surface area contributed by atoms with Gasteiger partial charge < -0.3 is 24.3 Å². The summed E-state index contributed by atoms with van der Waals surface area (Å²) in [4.78, 5) is 12.7. The Hall–Kier alpha value is -3.67. The van der Waals surface area contributed by atoms with E-state index < -0.39 is 0 Å². The highest BCUT2D eigenvalue weighted by molar-refractivity contribution is 6.04. The van der Waals surface area contributed by atoms with E-state index in [1.807, 2.05) is 31.2 Å². The predicted octanol–water partition coefficient (Wildman–Crippen LogP) is 4.93. The molecule has 0 radical (unpaired) electrons. The molecule has 30 heavy (non-hydrogen) atoms. The van der Waals surface area contributed by atoms with Gasteiger partial charge in [0.2, 0.25) is 0 Å². The molecule has 3 rings (SSSR count). The van der Waals surface area contributed by atoms with Crippen LogP contribution in [0.5, 0.6) is 23.0 Å². The molecule has 0 unspecified atom stereocenters. The first-order valence-corrected chi connectivity index (χ1v) is 9.61. The first-order valence-electron chi connectivity index (χ1n) is 9.61. The number of benzene rings is 3. The van der Waals surface area contributed by atoms with Crippen molar-refractivity contribution in [2.45, 2.75) is 13.5 Å². The van der Waals surface area contributed by atoms with Crippen LogP contribution in [0.3, 0.4) is 0 Å². The maximum absolute atomic E-state index is 12.7. The molecule has 0 bridgehead atoms. The van der Waals surface area contributed by atoms with Crippen LogP contribution < -0.4 is 24.3 Å². The summed E-state index contributed by atoms with van der Waals surface area (Å²) in [6.45, 7) is 2.71. The largest absolute Gasteiger partial charge is 0.497 e. The Labute approximate surface area is 176 Å². The normalized spacial score (nSPS) is 10.2. The van der Waals surface area contributed by atoms with Crippen LogP contribution >= 0.6 is 0 Å². The van der Waals surface area contributed by atoms with Crippen LogP contribution in [-0.4, -0.2) is 26.7 Å². The molecule has 0 aliphatic rings. The molecule has 3 aromatic rings. The summed E-state index contributed by atoms with van der Waals surface area (Å²) in [5.74, 6) is 2.66. The number of carbonyl (C=O) groups is 1. The number of ether oxygens (including phenoxy) is 4. The van der Waals surface area contributed by atoms with Crippen molar-refractivity contribution < 1.29 is 23.7 Å². The zero-order valence-electron chi connectivity index (χ0n) is 17.3. The van der Waals surface area contributed by atoms with Crippen LogP contribution in [0.25, 0.3) is 0 Å². The topological polar surface area (TPSA) is 66.0 Å². The van der Waals surface area contributed by atoms with Crippen molar-refractivity contribution in [1.82, 2.24) is 0 Å². The minimum Gasteiger partial charge on any atom is -0.497 e. The van der Waals surface area contributed by atoms with Gasteiger partial charge in [0.1, 0.15) is 29.6 Å². The summed E-state index contributed by atoms with van der Waals surface area (Å²) >= 11 is 0. The molecule has 0 aliphatic heterocycles.